The number of aliphatic hydroxyl groups excluding tert-OH is 2. The molecule has 2 aromatic rings. The number of ether oxygens (including phenoxy) is 1. The zero-order valence-corrected chi connectivity index (χ0v) is 21.5. The van der Waals surface area contributed by atoms with E-state index in [1.54, 1.807) is 92.8 Å². The quantitative estimate of drug-likeness (QED) is 0.255. The Hall–Kier alpha value is -3.31. The van der Waals surface area contributed by atoms with Crippen molar-refractivity contribution in [3.8, 4) is 0 Å². The number of carbonyl (C=O) groups is 3. The van der Waals surface area contributed by atoms with E-state index in [4.69, 9.17) is 4.74 Å². The largest absolute Gasteiger partial charge is 0.444 e. The van der Waals surface area contributed by atoms with Crippen LogP contribution < -0.4 is 16.0 Å². The first-order valence-corrected chi connectivity index (χ1v) is 12.0. The van der Waals surface area contributed by atoms with Gasteiger partial charge in [0, 0.05) is 37.9 Å². The molecule has 2 rings (SSSR count). The standard InChI is InChI=1S/C25H39N5O6/c1-17(2)20(26-16-31)23(34)27-18(14-29-10-6-7-11-29)21(32)22(33)19(15-30-12-8-9-13-30)28-24(35)36-25(3,4)5/h6-13,16-22,32-33H,14-15H2,1-5H3,(H,26,31)(H,27,34)(H,28,35)/t18?,19?,20-,21?,22?/m0/s1. The van der Waals surface area contributed by atoms with Gasteiger partial charge in [0.15, 0.2) is 0 Å². The zero-order chi connectivity index (χ0) is 26.9. The lowest BCUT2D eigenvalue weighted by atomic mass is 9.97. The highest BCUT2D eigenvalue weighted by molar-refractivity contribution is 5.84. The van der Waals surface area contributed by atoms with Gasteiger partial charge in [-0.05, 0) is 51.0 Å². The first kappa shape index (κ1) is 28.9. The Morgan fingerprint density at radius 3 is 1.72 bits per heavy atom. The third kappa shape index (κ3) is 9.04. The number of aliphatic hydroxyl groups is 2. The van der Waals surface area contributed by atoms with Crippen molar-refractivity contribution in [2.45, 2.75) is 83.6 Å². The normalized spacial score (nSPS) is 15.9. The summed E-state index contributed by atoms with van der Waals surface area (Å²) in [6.07, 6.45) is 3.81. The lowest BCUT2D eigenvalue weighted by molar-refractivity contribution is -0.129. The van der Waals surface area contributed by atoms with Gasteiger partial charge >= 0.3 is 6.09 Å². The summed E-state index contributed by atoms with van der Waals surface area (Å²) >= 11 is 0. The van der Waals surface area contributed by atoms with Crippen LogP contribution in [0.1, 0.15) is 34.6 Å². The van der Waals surface area contributed by atoms with E-state index in [9.17, 15) is 24.6 Å². The minimum Gasteiger partial charge on any atom is -0.444 e. The predicted octanol–water partition coefficient (Wildman–Crippen LogP) is 0.860. The van der Waals surface area contributed by atoms with Gasteiger partial charge in [-0.2, -0.15) is 0 Å². The van der Waals surface area contributed by atoms with Crippen molar-refractivity contribution >= 4 is 18.4 Å². The van der Waals surface area contributed by atoms with Gasteiger partial charge in [-0.25, -0.2) is 4.79 Å². The predicted molar refractivity (Wildman–Crippen MR) is 134 cm³/mol. The molecule has 11 heteroatoms. The molecule has 0 aromatic carbocycles. The Bertz CT molecular complexity index is 939. The maximum atomic E-state index is 13.0. The highest BCUT2D eigenvalue weighted by Crippen LogP contribution is 2.14. The number of nitrogens with zero attached hydrogens (tertiary/aromatic N) is 2. The van der Waals surface area contributed by atoms with E-state index in [1.807, 2.05) is 0 Å². The van der Waals surface area contributed by atoms with E-state index in [0.717, 1.165) is 0 Å². The van der Waals surface area contributed by atoms with Crippen molar-refractivity contribution < 1.29 is 29.3 Å². The maximum Gasteiger partial charge on any atom is 0.408 e. The summed E-state index contributed by atoms with van der Waals surface area (Å²) < 4.78 is 8.85. The Kier molecular flexibility index (Phi) is 10.5. The molecule has 0 aliphatic heterocycles. The molecule has 0 aliphatic rings. The fourth-order valence-corrected chi connectivity index (χ4v) is 3.77. The lowest BCUT2D eigenvalue weighted by Crippen LogP contribution is -2.60. The molecule has 0 aliphatic carbocycles. The smallest absolute Gasteiger partial charge is 0.408 e. The van der Waals surface area contributed by atoms with Crippen molar-refractivity contribution in [1.29, 1.82) is 0 Å². The van der Waals surface area contributed by atoms with Gasteiger partial charge in [0.25, 0.3) is 0 Å². The van der Waals surface area contributed by atoms with Crippen molar-refractivity contribution in [3.63, 3.8) is 0 Å². The Balaban J connectivity index is 2.28. The van der Waals surface area contributed by atoms with Gasteiger partial charge in [-0.3, -0.25) is 9.59 Å². The van der Waals surface area contributed by atoms with Crippen molar-refractivity contribution in [3.05, 3.63) is 49.1 Å². The molecule has 0 fully saturated rings. The van der Waals surface area contributed by atoms with Crippen LogP contribution in [0.3, 0.4) is 0 Å². The molecule has 0 radical (unpaired) electrons. The van der Waals surface area contributed by atoms with Crippen molar-refractivity contribution in [2.75, 3.05) is 0 Å². The average molecular weight is 506 g/mol. The van der Waals surface area contributed by atoms with Gasteiger partial charge in [0.2, 0.25) is 12.3 Å². The van der Waals surface area contributed by atoms with Gasteiger partial charge in [0.05, 0.1) is 12.1 Å². The molecule has 0 bridgehead atoms. The van der Waals surface area contributed by atoms with Gasteiger partial charge in [-0.1, -0.05) is 13.8 Å². The molecule has 5 N–H and O–H groups in total. The second kappa shape index (κ2) is 13.1. The van der Waals surface area contributed by atoms with Crippen LogP contribution in [-0.4, -0.2) is 73.7 Å². The third-order valence-corrected chi connectivity index (χ3v) is 5.55. The monoisotopic (exact) mass is 505 g/mol. The maximum absolute atomic E-state index is 13.0. The minimum atomic E-state index is -1.48. The molecule has 36 heavy (non-hydrogen) atoms. The van der Waals surface area contributed by atoms with Gasteiger partial charge in [-0.15, -0.1) is 0 Å². The number of carbonyl (C=O) groups excluding carboxylic acids is 3. The number of amides is 3. The van der Waals surface area contributed by atoms with Crippen LogP contribution in [0.15, 0.2) is 49.1 Å². The lowest BCUT2D eigenvalue weighted by Gasteiger charge is -2.34. The summed E-state index contributed by atoms with van der Waals surface area (Å²) in [5.74, 6) is -0.706. The molecular weight excluding hydrogens is 466 g/mol. The average Bonchev–Trinajstić information content (AvgIpc) is 3.48. The molecular formula is C25H39N5O6. The molecule has 0 saturated carbocycles. The second-order valence-electron chi connectivity index (χ2n) is 10.1. The molecule has 2 heterocycles. The zero-order valence-electron chi connectivity index (χ0n) is 21.5. The summed E-state index contributed by atoms with van der Waals surface area (Å²) in [5, 5.41) is 30.4. The first-order chi connectivity index (χ1) is 16.9. The number of nitrogens with one attached hydrogen (secondary N) is 3. The first-order valence-electron chi connectivity index (χ1n) is 12.0. The molecule has 200 valence electrons. The van der Waals surface area contributed by atoms with E-state index >= 15 is 0 Å². The summed E-state index contributed by atoms with van der Waals surface area (Å²) in [5.41, 5.74) is -0.756. The molecule has 2 aromatic heterocycles. The highest BCUT2D eigenvalue weighted by Gasteiger charge is 2.36. The van der Waals surface area contributed by atoms with Crippen LogP contribution in [0, 0.1) is 5.92 Å². The van der Waals surface area contributed by atoms with Crippen molar-refractivity contribution in [1.82, 2.24) is 25.1 Å². The molecule has 11 nitrogen and oxygen atoms in total. The van der Waals surface area contributed by atoms with Crippen LogP contribution in [-0.2, 0) is 27.4 Å². The summed E-state index contributed by atoms with van der Waals surface area (Å²) in [4.78, 5) is 36.5. The number of alkyl carbamates (subject to hydrolysis) is 1. The van der Waals surface area contributed by atoms with Crippen LogP contribution in [0.2, 0.25) is 0 Å². The second-order valence-corrected chi connectivity index (χ2v) is 10.1. The van der Waals surface area contributed by atoms with E-state index in [0.29, 0.717) is 6.41 Å². The number of aromatic nitrogens is 2. The molecule has 4 unspecified atom stereocenters. The minimum absolute atomic E-state index is 0.144. The summed E-state index contributed by atoms with van der Waals surface area (Å²) in [6, 6.07) is 4.48. The molecule has 3 amide bonds. The van der Waals surface area contributed by atoms with E-state index in [2.05, 4.69) is 16.0 Å². The van der Waals surface area contributed by atoms with Gasteiger partial charge in [0.1, 0.15) is 23.9 Å². The third-order valence-electron chi connectivity index (χ3n) is 5.55. The molecule has 5 atom stereocenters. The van der Waals surface area contributed by atoms with E-state index in [1.165, 1.54) is 0 Å². The summed E-state index contributed by atoms with van der Waals surface area (Å²) in [7, 11) is 0. The van der Waals surface area contributed by atoms with Crippen molar-refractivity contribution in [2.24, 2.45) is 5.92 Å². The summed E-state index contributed by atoms with van der Waals surface area (Å²) in [6.45, 7) is 9.02. The van der Waals surface area contributed by atoms with Crippen LogP contribution >= 0.6 is 0 Å². The number of hydrogen-bond acceptors (Lipinski definition) is 6. The van der Waals surface area contributed by atoms with E-state index < -0.39 is 47.9 Å². The van der Waals surface area contributed by atoms with Crippen LogP contribution in [0.4, 0.5) is 4.79 Å². The fourth-order valence-electron chi connectivity index (χ4n) is 3.77. The number of rotatable bonds is 13. The fraction of sp³-hybridized carbons (Fsp3) is 0.560. The SMILES string of the molecule is CC(C)[C@H](NC=O)C(=O)NC(Cn1cccc1)C(O)C(O)C(Cn1cccc1)NC(=O)OC(C)(C)C. The number of hydrogen-bond donors (Lipinski definition) is 5. The Labute approximate surface area is 211 Å². The Morgan fingerprint density at radius 2 is 1.33 bits per heavy atom. The highest BCUT2D eigenvalue weighted by atomic mass is 16.6. The van der Waals surface area contributed by atoms with Gasteiger partial charge < -0.3 is 40.0 Å². The van der Waals surface area contributed by atoms with Crippen LogP contribution in [0.5, 0.6) is 0 Å². The Morgan fingerprint density at radius 1 is 0.889 bits per heavy atom. The molecule has 0 saturated heterocycles. The van der Waals surface area contributed by atoms with Crippen LogP contribution in [0.25, 0.3) is 0 Å². The topological polar surface area (TPSA) is 147 Å². The molecule has 0 spiro atoms. The van der Waals surface area contributed by atoms with E-state index in [-0.39, 0.29) is 19.0 Å².